The minimum Gasteiger partial charge on any atom is -0.193 e. The van der Waals surface area contributed by atoms with Gasteiger partial charge in [-0.25, -0.2) is 0 Å². The average Bonchev–Trinajstić information content (AvgIpc) is 3.07. The van der Waals surface area contributed by atoms with Crippen LogP contribution in [0, 0.1) is 0 Å². The van der Waals surface area contributed by atoms with Gasteiger partial charge in [-0.2, -0.15) is 74.6 Å². The molecule has 1 heterocycles. The molecule has 0 nitrogen and oxygen atoms in total. The van der Waals surface area contributed by atoms with Crippen molar-refractivity contribution in [3.05, 3.63) is 22.4 Å². The topological polar surface area (TPSA) is 0 Å². The van der Waals surface area contributed by atoms with E-state index < -0.39 is 63.8 Å². The molecule has 1 aromatic rings. The van der Waals surface area contributed by atoms with Crippen LogP contribution >= 0.6 is 11.3 Å². The normalized spacial score (nSPS) is 16.2. The molecular formula is C12H3F17S. The Bertz CT molecular complexity index is 741. The molecule has 0 aromatic carbocycles. The highest BCUT2D eigenvalue weighted by Crippen LogP contribution is 2.65. The average molecular weight is 502 g/mol. The Morgan fingerprint density at radius 2 is 0.800 bits per heavy atom. The minimum absolute atomic E-state index is 0.0860. The van der Waals surface area contributed by atoms with Gasteiger partial charge >= 0.3 is 47.6 Å². The summed E-state index contributed by atoms with van der Waals surface area (Å²) < 4.78 is 221. The van der Waals surface area contributed by atoms with E-state index in [4.69, 9.17) is 0 Å². The second kappa shape index (κ2) is 6.75. The van der Waals surface area contributed by atoms with E-state index in [0.29, 0.717) is 11.4 Å². The Labute approximate surface area is 157 Å². The van der Waals surface area contributed by atoms with E-state index >= 15 is 0 Å². The summed E-state index contributed by atoms with van der Waals surface area (Å²) in [5.74, 6) is -56.2. The van der Waals surface area contributed by atoms with Crippen LogP contribution in [0.3, 0.4) is 0 Å². The zero-order valence-electron chi connectivity index (χ0n) is 13.1. The molecule has 0 radical (unpaired) electrons. The van der Waals surface area contributed by atoms with E-state index in [9.17, 15) is 74.6 Å². The molecular weight excluding hydrogens is 499 g/mol. The van der Waals surface area contributed by atoms with Gasteiger partial charge in [-0.15, -0.1) is 11.3 Å². The zero-order valence-corrected chi connectivity index (χ0v) is 13.9. The molecule has 0 unspecified atom stereocenters. The standard InChI is InChI=1S/C12H3F17S/c13-5(14,4-2-1-3-30-4)6(15,16)7(17,18)8(19,20)9(21,22)10(23,24)11(25,26)12(27,28)29/h1-3H. The van der Waals surface area contributed by atoms with Crippen molar-refractivity contribution in [2.45, 2.75) is 47.6 Å². The fourth-order valence-electron chi connectivity index (χ4n) is 1.78. The van der Waals surface area contributed by atoms with Crippen molar-refractivity contribution >= 4 is 11.3 Å². The maximum absolute atomic E-state index is 13.6. The minimum atomic E-state index is -8.60. The highest BCUT2D eigenvalue weighted by Gasteiger charge is 2.95. The van der Waals surface area contributed by atoms with Crippen LogP contribution in [0.4, 0.5) is 74.6 Å². The molecule has 0 atom stereocenters. The summed E-state index contributed by atoms with van der Waals surface area (Å²) in [4.78, 5) is -2.17. The molecule has 0 saturated heterocycles. The van der Waals surface area contributed by atoms with Gasteiger partial charge in [-0.3, -0.25) is 0 Å². The maximum atomic E-state index is 13.6. The summed E-state index contributed by atoms with van der Waals surface area (Å²) in [6, 6.07) is 0.379. The van der Waals surface area contributed by atoms with Crippen LogP contribution in [0.2, 0.25) is 0 Å². The Morgan fingerprint density at radius 1 is 0.467 bits per heavy atom. The van der Waals surface area contributed by atoms with Crippen molar-refractivity contribution in [1.82, 2.24) is 0 Å². The van der Waals surface area contributed by atoms with E-state index in [2.05, 4.69) is 0 Å². The lowest BCUT2D eigenvalue weighted by Gasteiger charge is -2.42. The highest BCUT2D eigenvalue weighted by atomic mass is 32.1. The molecule has 176 valence electrons. The van der Waals surface area contributed by atoms with Crippen molar-refractivity contribution in [3.8, 4) is 0 Å². The van der Waals surface area contributed by atoms with Crippen LogP contribution in [0.1, 0.15) is 4.88 Å². The Hall–Kier alpha value is -1.49. The van der Waals surface area contributed by atoms with Gasteiger partial charge in [0.05, 0.1) is 4.88 Å². The molecule has 0 aliphatic rings. The number of hydrogen-bond acceptors (Lipinski definition) is 1. The molecule has 0 amide bonds. The van der Waals surface area contributed by atoms with Gasteiger partial charge in [0.2, 0.25) is 0 Å². The smallest absolute Gasteiger partial charge is 0.193 e. The van der Waals surface area contributed by atoms with Gasteiger partial charge in [-0.1, -0.05) is 6.07 Å². The van der Waals surface area contributed by atoms with Crippen LogP contribution in [0.5, 0.6) is 0 Å². The van der Waals surface area contributed by atoms with Gasteiger partial charge < -0.3 is 0 Å². The molecule has 1 rings (SSSR count). The molecule has 0 spiro atoms. The summed E-state index contributed by atoms with van der Waals surface area (Å²) in [5, 5.41) is 0.488. The first-order valence-electron chi connectivity index (χ1n) is 6.61. The quantitative estimate of drug-likeness (QED) is 0.346. The molecule has 1 aromatic heterocycles. The second-order valence-electron chi connectivity index (χ2n) is 5.50. The molecule has 0 N–H and O–H groups in total. The lowest BCUT2D eigenvalue weighted by Crippen LogP contribution is -2.74. The van der Waals surface area contributed by atoms with Crippen LogP contribution in [-0.4, -0.2) is 41.7 Å². The fourth-order valence-corrected chi connectivity index (χ4v) is 2.51. The fraction of sp³-hybridized carbons (Fsp3) is 0.667. The third-order valence-corrected chi connectivity index (χ3v) is 4.49. The van der Waals surface area contributed by atoms with Crippen molar-refractivity contribution in [2.75, 3.05) is 0 Å². The van der Waals surface area contributed by atoms with E-state index in [-0.39, 0.29) is 6.07 Å². The summed E-state index contributed by atoms with van der Waals surface area (Å²) in [6.07, 6.45) is -7.76. The SMILES string of the molecule is FC(F)(F)C(F)(F)C(F)(F)C(F)(F)C(F)(F)C(F)(F)C(F)(F)C(F)(F)c1cccs1. The van der Waals surface area contributed by atoms with Crippen LogP contribution in [0.25, 0.3) is 0 Å². The van der Waals surface area contributed by atoms with Gasteiger partial charge in [0.25, 0.3) is 0 Å². The second-order valence-corrected chi connectivity index (χ2v) is 6.44. The van der Waals surface area contributed by atoms with Crippen molar-refractivity contribution in [1.29, 1.82) is 0 Å². The van der Waals surface area contributed by atoms with E-state index in [0.717, 1.165) is 0 Å². The first-order valence-corrected chi connectivity index (χ1v) is 7.49. The highest BCUT2D eigenvalue weighted by molar-refractivity contribution is 7.10. The third-order valence-electron chi connectivity index (χ3n) is 3.55. The lowest BCUT2D eigenvalue weighted by atomic mass is 9.88. The molecule has 0 fully saturated rings. The molecule has 0 aliphatic carbocycles. The largest absolute Gasteiger partial charge is 0.460 e. The van der Waals surface area contributed by atoms with E-state index in [1.54, 1.807) is 0 Å². The Balaban J connectivity index is 3.67. The van der Waals surface area contributed by atoms with Gasteiger partial charge in [0.1, 0.15) is 0 Å². The van der Waals surface area contributed by atoms with Gasteiger partial charge in [0.15, 0.2) is 0 Å². The lowest BCUT2D eigenvalue weighted by molar-refractivity contribution is -0.462. The summed E-state index contributed by atoms with van der Waals surface area (Å²) in [7, 11) is 0. The monoisotopic (exact) mass is 502 g/mol. The van der Waals surface area contributed by atoms with E-state index in [1.807, 2.05) is 0 Å². The van der Waals surface area contributed by atoms with Crippen LogP contribution in [-0.2, 0) is 5.92 Å². The number of rotatable bonds is 7. The predicted molar refractivity (Wildman–Crippen MR) is 64.0 cm³/mol. The Kier molecular flexibility index (Phi) is 5.97. The van der Waals surface area contributed by atoms with Crippen molar-refractivity contribution in [2.24, 2.45) is 0 Å². The third kappa shape index (κ3) is 3.11. The molecule has 18 heteroatoms. The summed E-state index contributed by atoms with van der Waals surface area (Å²) in [5.41, 5.74) is 0. The molecule has 0 saturated carbocycles. The number of halogens is 17. The van der Waals surface area contributed by atoms with Crippen molar-refractivity contribution < 1.29 is 74.6 Å². The van der Waals surface area contributed by atoms with Crippen LogP contribution in [0.15, 0.2) is 17.5 Å². The predicted octanol–water partition coefficient (Wildman–Crippen LogP) is 7.21. The first-order chi connectivity index (χ1) is 12.9. The van der Waals surface area contributed by atoms with Crippen molar-refractivity contribution in [3.63, 3.8) is 0 Å². The number of alkyl halides is 17. The number of thiophene rings is 1. The number of hydrogen-bond donors (Lipinski definition) is 0. The van der Waals surface area contributed by atoms with Gasteiger partial charge in [-0.05, 0) is 11.4 Å². The van der Waals surface area contributed by atoms with Gasteiger partial charge in [0, 0.05) is 0 Å². The maximum Gasteiger partial charge on any atom is 0.460 e. The summed E-state index contributed by atoms with van der Waals surface area (Å²) in [6.45, 7) is 0. The molecule has 0 aliphatic heterocycles. The molecule has 30 heavy (non-hydrogen) atoms. The first kappa shape index (κ1) is 26.5. The molecule has 0 bridgehead atoms. The zero-order chi connectivity index (χ0) is 24.4. The summed E-state index contributed by atoms with van der Waals surface area (Å²) >= 11 is -0.508. The Morgan fingerprint density at radius 3 is 1.10 bits per heavy atom. The van der Waals surface area contributed by atoms with E-state index in [1.165, 1.54) is 0 Å². The van der Waals surface area contributed by atoms with Crippen LogP contribution < -0.4 is 0 Å².